The van der Waals surface area contributed by atoms with Crippen LogP contribution in [0.3, 0.4) is 0 Å². The Labute approximate surface area is 208 Å². The highest BCUT2D eigenvalue weighted by atomic mass is 32.1. The number of carbonyl (C=O) groups is 5. The summed E-state index contributed by atoms with van der Waals surface area (Å²) in [5, 5.41) is 34.8. The molecule has 0 saturated carbocycles. The predicted molar refractivity (Wildman–Crippen MR) is 129 cm³/mol. The van der Waals surface area contributed by atoms with Crippen molar-refractivity contribution < 1.29 is 39.3 Å². The highest BCUT2D eigenvalue weighted by Gasteiger charge is 2.31. The minimum Gasteiger partial charge on any atom is -0.508 e. The van der Waals surface area contributed by atoms with Gasteiger partial charge in [0.2, 0.25) is 17.7 Å². The van der Waals surface area contributed by atoms with Gasteiger partial charge in [0.25, 0.3) is 0 Å². The molecule has 3 amide bonds. The van der Waals surface area contributed by atoms with Crippen LogP contribution in [0.1, 0.15) is 32.3 Å². The van der Waals surface area contributed by atoms with E-state index in [4.69, 9.17) is 10.8 Å². The number of phenols is 1. The van der Waals surface area contributed by atoms with Crippen LogP contribution < -0.4 is 21.7 Å². The number of benzene rings is 1. The number of carboxylic acids is 2. The number of rotatable bonds is 14. The molecule has 1 aromatic carbocycles. The highest BCUT2D eigenvalue weighted by molar-refractivity contribution is 7.80. The normalized spacial score (nSPS) is 14.3. The predicted octanol–water partition coefficient (Wildman–Crippen LogP) is -0.748. The minimum absolute atomic E-state index is 0.00150. The van der Waals surface area contributed by atoms with Gasteiger partial charge in [-0.15, -0.1) is 0 Å². The zero-order valence-corrected chi connectivity index (χ0v) is 20.3. The molecule has 0 aliphatic heterocycles. The summed E-state index contributed by atoms with van der Waals surface area (Å²) >= 11 is 3.92. The third kappa shape index (κ3) is 10.2. The maximum Gasteiger partial charge on any atom is 0.327 e. The van der Waals surface area contributed by atoms with E-state index in [1.54, 1.807) is 13.8 Å². The maximum atomic E-state index is 13.0. The van der Waals surface area contributed by atoms with Crippen molar-refractivity contribution in [3.63, 3.8) is 0 Å². The summed E-state index contributed by atoms with van der Waals surface area (Å²) in [4.78, 5) is 60.3. The Morgan fingerprint density at radius 2 is 1.49 bits per heavy atom. The Hall–Kier alpha value is -3.32. The van der Waals surface area contributed by atoms with Gasteiger partial charge in [-0.25, -0.2) is 4.79 Å². The van der Waals surface area contributed by atoms with Crippen molar-refractivity contribution in [2.75, 3.05) is 5.75 Å². The van der Waals surface area contributed by atoms with Gasteiger partial charge >= 0.3 is 11.9 Å². The molecule has 0 spiro atoms. The molecule has 0 aliphatic rings. The van der Waals surface area contributed by atoms with Gasteiger partial charge in [-0.05, 0) is 30.0 Å². The van der Waals surface area contributed by atoms with E-state index in [9.17, 15) is 34.2 Å². The van der Waals surface area contributed by atoms with E-state index in [-0.39, 0.29) is 30.8 Å². The number of nitrogens with one attached hydrogen (secondary N) is 3. The number of hydrogen-bond acceptors (Lipinski definition) is 8. The fourth-order valence-electron chi connectivity index (χ4n) is 3.00. The van der Waals surface area contributed by atoms with E-state index in [0.717, 1.165) is 0 Å². The van der Waals surface area contributed by atoms with Crippen LogP contribution >= 0.6 is 12.6 Å². The van der Waals surface area contributed by atoms with Gasteiger partial charge in [-0.2, -0.15) is 12.6 Å². The summed E-state index contributed by atoms with van der Waals surface area (Å²) in [6, 6.07) is 1.11. The summed E-state index contributed by atoms with van der Waals surface area (Å²) < 4.78 is 0. The number of phenolic OH excluding ortho intramolecular Hbond substituents is 1. The molecule has 0 heterocycles. The van der Waals surface area contributed by atoms with Crippen molar-refractivity contribution in [3.8, 4) is 5.75 Å². The van der Waals surface area contributed by atoms with E-state index >= 15 is 0 Å². The van der Waals surface area contributed by atoms with Crippen LogP contribution in [-0.4, -0.2) is 74.9 Å². The smallest absolute Gasteiger partial charge is 0.327 e. The maximum absolute atomic E-state index is 13.0. The molecule has 0 aliphatic carbocycles. The van der Waals surface area contributed by atoms with E-state index < -0.39 is 59.7 Å². The molecular formula is C22H32N4O8S. The summed E-state index contributed by atoms with van der Waals surface area (Å²) in [7, 11) is 0. The molecule has 0 aromatic heterocycles. The van der Waals surface area contributed by atoms with Crippen LogP contribution in [0.4, 0.5) is 0 Å². The van der Waals surface area contributed by atoms with Crippen molar-refractivity contribution in [3.05, 3.63) is 29.8 Å². The van der Waals surface area contributed by atoms with Crippen LogP contribution in [0.15, 0.2) is 24.3 Å². The van der Waals surface area contributed by atoms with E-state index in [1.807, 2.05) is 0 Å². The SMILES string of the molecule is CC(C)C(NC(=O)C(N)CCC(=O)O)C(=O)NC(Cc1ccc(O)cc1)C(=O)NC(CS)C(=O)O. The lowest BCUT2D eigenvalue weighted by Gasteiger charge is -2.27. The van der Waals surface area contributed by atoms with Crippen molar-refractivity contribution in [1.29, 1.82) is 0 Å². The second-order valence-electron chi connectivity index (χ2n) is 8.28. The van der Waals surface area contributed by atoms with E-state index in [1.165, 1.54) is 24.3 Å². The fourth-order valence-corrected chi connectivity index (χ4v) is 3.25. The standard InChI is InChI=1S/C22H32N4O8S/c1-11(2)18(26-19(30)14(23)7-8-17(28)29)21(32)24-15(9-12-3-5-13(27)6-4-12)20(31)25-16(10-35)22(33)34/h3-6,11,14-16,18,27,35H,7-10,23H2,1-2H3,(H,24,32)(H,25,31)(H,26,30)(H,28,29)(H,33,34). The van der Waals surface area contributed by atoms with Crippen molar-refractivity contribution >= 4 is 42.3 Å². The summed E-state index contributed by atoms with van der Waals surface area (Å²) in [5.74, 6) is -5.23. The van der Waals surface area contributed by atoms with Crippen LogP contribution in [0.25, 0.3) is 0 Å². The molecule has 0 bridgehead atoms. The Balaban J connectivity index is 3.05. The first-order valence-corrected chi connectivity index (χ1v) is 11.5. The number of thiol groups is 1. The average Bonchev–Trinajstić information content (AvgIpc) is 2.79. The summed E-state index contributed by atoms with van der Waals surface area (Å²) in [6.07, 6.45) is -0.481. The summed E-state index contributed by atoms with van der Waals surface area (Å²) in [6.45, 7) is 3.31. The number of nitrogens with two attached hydrogens (primary N) is 1. The molecule has 0 radical (unpaired) electrons. The Kier molecular flexibility index (Phi) is 12.0. The number of aliphatic carboxylic acids is 2. The Morgan fingerprint density at radius 1 is 0.914 bits per heavy atom. The number of aromatic hydroxyl groups is 1. The number of carbonyl (C=O) groups excluding carboxylic acids is 3. The molecular weight excluding hydrogens is 480 g/mol. The van der Waals surface area contributed by atoms with Crippen LogP contribution in [0.2, 0.25) is 0 Å². The molecule has 0 saturated heterocycles. The van der Waals surface area contributed by atoms with Crippen LogP contribution in [-0.2, 0) is 30.4 Å². The number of carboxylic acid groups (broad SMARTS) is 2. The van der Waals surface area contributed by atoms with Crippen molar-refractivity contribution in [1.82, 2.24) is 16.0 Å². The lowest BCUT2D eigenvalue weighted by atomic mass is 10.00. The molecule has 4 unspecified atom stereocenters. The molecule has 1 aromatic rings. The molecule has 8 N–H and O–H groups in total. The zero-order chi connectivity index (χ0) is 26.7. The van der Waals surface area contributed by atoms with Crippen LogP contribution in [0, 0.1) is 5.92 Å². The van der Waals surface area contributed by atoms with Gasteiger partial charge in [0, 0.05) is 18.6 Å². The molecule has 0 fully saturated rings. The molecule has 12 nitrogen and oxygen atoms in total. The second-order valence-corrected chi connectivity index (χ2v) is 8.65. The monoisotopic (exact) mass is 512 g/mol. The number of hydrogen-bond donors (Lipinski definition) is 8. The second kappa shape index (κ2) is 14.2. The van der Waals surface area contributed by atoms with Gasteiger partial charge in [0.15, 0.2) is 0 Å². The van der Waals surface area contributed by atoms with E-state index in [2.05, 4.69) is 28.6 Å². The van der Waals surface area contributed by atoms with Gasteiger partial charge < -0.3 is 37.0 Å². The average molecular weight is 513 g/mol. The largest absolute Gasteiger partial charge is 0.508 e. The minimum atomic E-state index is -1.30. The molecule has 194 valence electrons. The number of amides is 3. The van der Waals surface area contributed by atoms with Crippen LogP contribution in [0.5, 0.6) is 5.75 Å². The summed E-state index contributed by atoms with van der Waals surface area (Å²) in [5.41, 5.74) is 6.29. The quantitative estimate of drug-likeness (QED) is 0.147. The topological polar surface area (TPSA) is 208 Å². The van der Waals surface area contributed by atoms with Gasteiger partial charge in [0.1, 0.15) is 23.9 Å². The molecule has 13 heteroatoms. The first kappa shape index (κ1) is 29.7. The lowest BCUT2D eigenvalue weighted by Crippen LogP contribution is -2.59. The Morgan fingerprint density at radius 3 is 1.97 bits per heavy atom. The van der Waals surface area contributed by atoms with Crippen molar-refractivity contribution in [2.24, 2.45) is 11.7 Å². The van der Waals surface area contributed by atoms with Gasteiger partial charge in [-0.1, -0.05) is 26.0 Å². The van der Waals surface area contributed by atoms with E-state index in [0.29, 0.717) is 5.56 Å². The first-order chi connectivity index (χ1) is 16.3. The molecule has 1 rings (SSSR count). The first-order valence-electron chi connectivity index (χ1n) is 10.9. The Bertz CT molecular complexity index is 909. The molecule has 35 heavy (non-hydrogen) atoms. The third-order valence-corrected chi connectivity index (χ3v) is 5.42. The highest BCUT2D eigenvalue weighted by Crippen LogP contribution is 2.12. The fraction of sp³-hybridized carbons (Fsp3) is 0.500. The zero-order valence-electron chi connectivity index (χ0n) is 19.4. The van der Waals surface area contributed by atoms with Gasteiger partial charge in [0.05, 0.1) is 6.04 Å². The third-order valence-electron chi connectivity index (χ3n) is 5.06. The van der Waals surface area contributed by atoms with Crippen molar-refractivity contribution in [2.45, 2.75) is 57.3 Å². The molecule has 4 atom stereocenters. The van der Waals surface area contributed by atoms with Gasteiger partial charge in [-0.3, -0.25) is 19.2 Å². The lowest BCUT2D eigenvalue weighted by molar-refractivity contribution is -0.141.